The third-order valence-corrected chi connectivity index (χ3v) is 3.42. The first-order valence-corrected chi connectivity index (χ1v) is 7.66. The normalized spacial score (nSPS) is 10.6. The lowest BCUT2D eigenvalue weighted by molar-refractivity contribution is 0.101. The predicted octanol–water partition coefficient (Wildman–Crippen LogP) is 3.89. The van der Waals surface area contributed by atoms with Gasteiger partial charge in [0.25, 0.3) is 5.91 Å². The van der Waals surface area contributed by atoms with E-state index in [0.717, 1.165) is 25.1 Å². The van der Waals surface area contributed by atoms with Crippen molar-refractivity contribution < 1.29 is 4.79 Å². The van der Waals surface area contributed by atoms with E-state index in [1.54, 1.807) is 16.9 Å². The zero-order valence-electron chi connectivity index (χ0n) is 12.8. The largest absolute Gasteiger partial charge is 0.321 e. The first-order chi connectivity index (χ1) is 10.2. The summed E-state index contributed by atoms with van der Waals surface area (Å²) in [6.45, 7) is 5.01. The second-order valence-corrected chi connectivity index (χ2v) is 5.19. The van der Waals surface area contributed by atoms with Gasteiger partial charge in [-0.3, -0.25) is 9.48 Å². The van der Waals surface area contributed by atoms with Crippen LogP contribution in [0.4, 0.5) is 5.69 Å². The second-order valence-electron chi connectivity index (χ2n) is 5.19. The molecule has 0 atom stereocenters. The maximum Gasteiger partial charge on any atom is 0.273 e. The molecule has 0 bridgehead atoms. The highest BCUT2D eigenvalue weighted by Crippen LogP contribution is 2.13. The molecular weight excluding hydrogens is 262 g/mol. The van der Waals surface area contributed by atoms with Crippen molar-refractivity contribution in [1.29, 1.82) is 0 Å². The molecule has 1 N–H and O–H groups in total. The summed E-state index contributed by atoms with van der Waals surface area (Å²) in [5.74, 6) is -0.109. The van der Waals surface area contributed by atoms with E-state index in [2.05, 4.69) is 36.4 Å². The molecule has 4 heteroatoms. The van der Waals surface area contributed by atoms with Crippen LogP contribution in [0.1, 0.15) is 49.2 Å². The van der Waals surface area contributed by atoms with Crippen LogP contribution in [0.25, 0.3) is 0 Å². The van der Waals surface area contributed by atoms with Crippen LogP contribution < -0.4 is 5.32 Å². The van der Waals surface area contributed by atoms with Gasteiger partial charge in [0.05, 0.1) is 0 Å². The van der Waals surface area contributed by atoms with Crippen molar-refractivity contribution in [3.05, 3.63) is 47.8 Å². The molecule has 2 rings (SSSR count). The standard InChI is InChI=1S/C17H23N3O/c1-3-5-6-14-7-9-15(10-8-14)19-17(21)16-11-12-18-20(16)13-4-2/h7-12H,3-6,13H2,1-2H3,(H,19,21). The number of hydrogen-bond donors (Lipinski definition) is 1. The van der Waals surface area contributed by atoms with Crippen LogP contribution in [-0.2, 0) is 13.0 Å². The van der Waals surface area contributed by atoms with Crippen molar-refractivity contribution in [2.75, 3.05) is 5.32 Å². The summed E-state index contributed by atoms with van der Waals surface area (Å²) >= 11 is 0. The molecule has 0 saturated heterocycles. The quantitative estimate of drug-likeness (QED) is 0.839. The minimum atomic E-state index is -0.109. The first-order valence-electron chi connectivity index (χ1n) is 7.66. The van der Waals surface area contributed by atoms with Crippen LogP contribution in [0, 0.1) is 0 Å². The van der Waals surface area contributed by atoms with E-state index in [0.29, 0.717) is 5.69 Å². The molecule has 1 aromatic carbocycles. The van der Waals surface area contributed by atoms with E-state index >= 15 is 0 Å². The number of aromatic nitrogens is 2. The summed E-state index contributed by atoms with van der Waals surface area (Å²) in [5, 5.41) is 7.10. The highest BCUT2D eigenvalue weighted by atomic mass is 16.2. The van der Waals surface area contributed by atoms with Gasteiger partial charge in [-0.05, 0) is 43.0 Å². The Bertz CT molecular complexity index is 572. The van der Waals surface area contributed by atoms with Crippen molar-refractivity contribution in [1.82, 2.24) is 9.78 Å². The Balaban J connectivity index is 2.00. The maximum atomic E-state index is 12.3. The molecule has 0 spiro atoms. The number of hydrogen-bond acceptors (Lipinski definition) is 2. The van der Waals surface area contributed by atoms with Gasteiger partial charge in [-0.2, -0.15) is 5.10 Å². The SMILES string of the molecule is CCCCc1ccc(NC(=O)c2ccnn2CCC)cc1. The molecule has 0 fully saturated rings. The van der Waals surface area contributed by atoms with Gasteiger partial charge < -0.3 is 5.32 Å². The average molecular weight is 285 g/mol. The lowest BCUT2D eigenvalue weighted by Gasteiger charge is -2.08. The van der Waals surface area contributed by atoms with Gasteiger partial charge in [0, 0.05) is 18.4 Å². The van der Waals surface area contributed by atoms with Gasteiger partial charge in [0.15, 0.2) is 0 Å². The fourth-order valence-electron chi connectivity index (χ4n) is 2.25. The van der Waals surface area contributed by atoms with Gasteiger partial charge in [-0.25, -0.2) is 0 Å². The molecule has 112 valence electrons. The summed E-state index contributed by atoms with van der Waals surface area (Å²) < 4.78 is 1.74. The number of rotatable bonds is 7. The number of nitrogens with zero attached hydrogens (tertiary/aromatic N) is 2. The molecule has 0 radical (unpaired) electrons. The van der Waals surface area contributed by atoms with Gasteiger partial charge in [0.1, 0.15) is 5.69 Å². The molecule has 4 nitrogen and oxygen atoms in total. The van der Waals surface area contributed by atoms with Gasteiger partial charge in [-0.15, -0.1) is 0 Å². The number of amides is 1. The van der Waals surface area contributed by atoms with Crippen LogP contribution >= 0.6 is 0 Å². The second kappa shape index (κ2) is 7.62. The summed E-state index contributed by atoms with van der Waals surface area (Å²) in [6.07, 6.45) is 6.10. The molecule has 0 unspecified atom stereocenters. The van der Waals surface area contributed by atoms with Crippen molar-refractivity contribution in [3.8, 4) is 0 Å². The maximum absolute atomic E-state index is 12.3. The third kappa shape index (κ3) is 4.18. The molecule has 21 heavy (non-hydrogen) atoms. The van der Waals surface area contributed by atoms with Crippen LogP contribution in [0.2, 0.25) is 0 Å². The minimum absolute atomic E-state index is 0.109. The van der Waals surface area contributed by atoms with Crippen LogP contribution in [0.5, 0.6) is 0 Å². The number of aryl methyl sites for hydroxylation is 2. The molecule has 1 heterocycles. The Morgan fingerprint density at radius 1 is 1.14 bits per heavy atom. The van der Waals surface area contributed by atoms with Crippen molar-refractivity contribution in [3.63, 3.8) is 0 Å². The van der Waals surface area contributed by atoms with Gasteiger partial charge >= 0.3 is 0 Å². The Hall–Kier alpha value is -2.10. The van der Waals surface area contributed by atoms with E-state index in [9.17, 15) is 4.79 Å². The van der Waals surface area contributed by atoms with E-state index in [4.69, 9.17) is 0 Å². The zero-order chi connectivity index (χ0) is 15.1. The van der Waals surface area contributed by atoms with Crippen molar-refractivity contribution >= 4 is 11.6 Å². The van der Waals surface area contributed by atoms with E-state index in [1.165, 1.54) is 18.4 Å². The van der Waals surface area contributed by atoms with E-state index in [1.807, 2.05) is 12.1 Å². The van der Waals surface area contributed by atoms with Crippen molar-refractivity contribution in [2.45, 2.75) is 46.1 Å². The molecule has 1 amide bonds. The Labute approximate surface area is 126 Å². The summed E-state index contributed by atoms with van der Waals surface area (Å²) in [7, 11) is 0. The average Bonchev–Trinajstić information content (AvgIpc) is 2.95. The number of nitrogens with one attached hydrogen (secondary N) is 1. The smallest absolute Gasteiger partial charge is 0.273 e. The highest BCUT2D eigenvalue weighted by molar-refractivity contribution is 6.03. The minimum Gasteiger partial charge on any atom is -0.321 e. The summed E-state index contributed by atoms with van der Waals surface area (Å²) in [4.78, 5) is 12.3. The zero-order valence-corrected chi connectivity index (χ0v) is 12.8. The fourth-order valence-corrected chi connectivity index (χ4v) is 2.25. The number of carbonyl (C=O) groups excluding carboxylic acids is 1. The van der Waals surface area contributed by atoms with Crippen LogP contribution in [0.3, 0.4) is 0 Å². The molecule has 0 aliphatic carbocycles. The number of anilines is 1. The lowest BCUT2D eigenvalue weighted by Crippen LogP contribution is -2.17. The topological polar surface area (TPSA) is 46.9 Å². The molecule has 0 saturated carbocycles. The monoisotopic (exact) mass is 285 g/mol. The van der Waals surface area contributed by atoms with Gasteiger partial charge in [0.2, 0.25) is 0 Å². The number of carbonyl (C=O) groups is 1. The molecule has 0 aliphatic heterocycles. The van der Waals surface area contributed by atoms with Crippen molar-refractivity contribution in [2.24, 2.45) is 0 Å². The first kappa shape index (κ1) is 15.3. The van der Waals surface area contributed by atoms with Gasteiger partial charge in [-0.1, -0.05) is 32.4 Å². The molecular formula is C17H23N3O. The molecule has 1 aromatic heterocycles. The predicted molar refractivity (Wildman–Crippen MR) is 85.5 cm³/mol. The fraction of sp³-hybridized carbons (Fsp3) is 0.412. The Kier molecular flexibility index (Phi) is 5.55. The molecule has 2 aromatic rings. The van der Waals surface area contributed by atoms with Crippen LogP contribution in [0.15, 0.2) is 36.5 Å². The Morgan fingerprint density at radius 3 is 2.57 bits per heavy atom. The lowest BCUT2D eigenvalue weighted by atomic mass is 10.1. The summed E-state index contributed by atoms with van der Waals surface area (Å²) in [6, 6.07) is 9.83. The Morgan fingerprint density at radius 2 is 1.90 bits per heavy atom. The van der Waals surface area contributed by atoms with E-state index < -0.39 is 0 Å². The molecule has 0 aliphatic rings. The summed E-state index contributed by atoms with van der Waals surface area (Å²) in [5.41, 5.74) is 2.74. The highest BCUT2D eigenvalue weighted by Gasteiger charge is 2.11. The van der Waals surface area contributed by atoms with Crippen LogP contribution in [-0.4, -0.2) is 15.7 Å². The number of unbranched alkanes of at least 4 members (excludes halogenated alkanes) is 1. The third-order valence-electron chi connectivity index (χ3n) is 3.42. The number of benzene rings is 1. The van der Waals surface area contributed by atoms with E-state index in [-0.39, 0.29) is 5.91 Å².